The molecule has 0 fully saturated rings. The van der Waals surface area contributed by atoms with E-state index in [4.69, 9.17) is 15.7 Å². The van der Waals surface area contributed by atoms with Crippen LogP contribution >= 0.6 is 0 Å². The Hall–Kier alpha value is -4.11. The predicted molar refractivity (Wildman–Crippen MR) is 111 cm³/mol. The Morgan fingerprint density at radius 1 is 1.03 bits per heavy atom. The zero-order chi connectivity index (χ0) is 20.8. The highest BCUT2D eigenvalue weighted by Gasteiger charge is 2.18. The Morgan fingerprint density at radius 3 is 2.45 bits per heavy atom. The fourth-order valence-corrected chi connectivity index (χ4v) is 2.84. The van der Waals surface area contributed by atoms with Crippen LogP contribution in [-0.4, -0.2) is 18.3 Å². The first-order valence-corrected chi connectivity index (χ1v) is 9.01. The number of nitriles is 1. The molecule has 6 heteroatoms. The standard InChI is InChI=1S/C23H19N3O3/c1-2-29-18-11-9-16(10-12-18)23(28)26-21-19(7-4-8-20(21)25)22(27)17-6-3-5-15(13-17)14-24/h3-13H,2,25H2,1H3,(H,26,28). The van der Waals surface area contributed by atoms with Crippen molar-refractivity contribution in [2.45, 2.75) is 6.92 Å². The lowest BCUT2D eigenvalue weighted by Crippen LogP contribution is -2.17. The molecule has 1 amide bonds. The molecule has 3 aromatic rings. The number of ether oxygens (including phenoxy) is 1. The first kappa shape index (κ1) is 19.6. The summed E-state index contributed by atoms with van der Waals surface area (Å²) in [5, 5.41) is 11.8. The van der Waals surface area contributed by atoms with E-state index in [0.717, 1.165) is 0 Å². The molecule has 0 atom stereocenters. The lowest BCUT2D eigenvalue weighted by Gasteiger charge is -2.13. The van der Waals surface area contributed by atoms with Gasteiger partial charge in [-0.3, -0.25) is 9.59 Å². The van der Waals surface area contributed by atoms with E-state index in [1.807, 2.05) is 13.0 Å². The van der Waals surface area contributed by atoms with Crippen LogP contribution in [0.4, 0.5) is 11.4 Å². The maximum absolute atomic E-state index is 13.0. The quantitative estimate of drug-likeness (QED) is 0.492. The van der Waals surface area contributed by atoms with Gasteiger partial charge in [0.1, 0.15) is 5.75 Å². The van der Waals surface area contributed by atoms with E-state index in [0.29, 0.717) is 29.0 Å². The van der Waals surface area contributed by atoms with Gasteiger partial charge in [-0.1, -0.05) is 18.2 Å². The molecule has 0 aromatic heterocycles. The maximum Gasteiger partial charge on any atom is 0.255 e. The maximum atomic E-state index is 13.0. The molecule has 0 aliphatic rings. The van der Waals surface area contributed by atoms with Gasteiger partial charge in [0.25, 0.3) is 5.91 Å². The number of hydrogen-bond acceptors (Lipinski definition) is 5. The number of carbonyl (C=O) groups excluding carboxylic acids is 2. The van der Waals surface area contributed by atoms with Crippen LogP contribution in [0.1, 0.15) is 38.8 Å². The van der Waals surface area contributed by atoms with Gasteiger partial charge in [0.05, 0.1) is 29.6 Å². The third kappa shape index (κ3) is 4.42. The fourth-order valence-electron chi connectivity index (χ4n) is 2.84. The van der Waals surface area contributed by atoms with Gasteiger partial charge in [0.2, 0.25) is 0 Å². The van der Waals surface area contributed by atoms with E-state index >= 15 is 0 Å². The van der Waals surface area contributed by atoms with Crippen LogP contribution in [0.5, 0.6) is 5.75 Å². The molecule has 3 rings (SSSR count). The topological polar surface area (TPSA) is 105 Å². The molecule has 6 nitrogen and oxygen atoms in total. The number of ketones is 1. The largest absolute Gasteiger partial charge is 0.494 e. The minimum Gasteiger partial charge on any atom is -0.494 e. The minimum atomic E-state index is -0.397. The lowest BCUT2D eigenvalue weighted by molar-refractivity contribution is 0.102. The summed E-state index contributed by atoms with van der Waals surface area (Å²) in [7, 11) is 0. The third-order valence-corrected chi connectivity index (χ3v) is 4.26. The molecule has 0 bridgehead atoms. The van der Waals surface area contributed by atoms with Crippen molar-refractivity contribution in [2.75, 3.05) is 17.7 Å². The molecule has 3 N–H and O–H groups in total. The molecule has 0 aliphatic heterocycles. The summed E-state index contributed by atoms with van der Waals surface area (Å²) < 4.78 is 5.38. The van der Waals surface area contributed by atoms with Crippen molar-refractivity contribution < 1.29 is 14.3 Å². The van der Waals surface area contributed by atoms with Crippen LogP contribution in [0.2, 0.25) is 0 Å². The van der Waals surface area contributed by atoms with Gasteiger partial charge < -0.3 is 15.8 Å². The van der Waals surface area contributed by atoms with Crippen molar-refractivity contribution in [3.63, 3.8) is 0 Å². The number of anilines is 2. The minimum absolute atomic E-state index is 0.235. The van der Waals surface area contributed by atoms with Crippen molar-refractivity contribution in [3.05, 3.63) is 89.0 Å². The van der Waals surface area contributed by atoms with Crippen LogP contribution in [-0.2, 0) is 0 Å². The SMILES string of the molecule is CCOc1ccc(C(=O)Nc2c(N)cccc2C(=O)c2cccc(C#N)c2)cc1. The van der Waals surface area contributed by atoms with Crippen LogP contribution in [0.3, 0.4) is 0 Å². The molecule has 3 aromatic carbocycles. The number of nitrogens with one attached hydrogen (secondary N) is 1. The van der Waals surface area contributed by atoms with Crippen molar-refractivity contribution in [1.29, 1.82) is 5.26 Å². The smallest absolute Gasteiger partial charge is 0.255 e. The van der Waals surface area contributed by atoms with E-state index in [1.54, 1.807) is 60.7 Å². The lowest BCUT2D eigenvalue weighted by atomic mass is 9.99. The van der Waals surface area contributed by atoms with E-state index in [2.05, 4.69) is 5.32 Å². The number of rotatable bonds is 6. The summed E-state index contributed by atoms with van der Waals surface area (Å²) in [6, 6.07) is 19.9. The second-order valence-corrected chi connectivity index (χ2v) is 6.20. The summed E-state index contributed by atoms with van der Waals surface area (Å²) in [6.07, 6.45) is 0. The molecule has 0 saturated carbocycles. The first-order valence-electron chi connectivity index (χ1n) is 9.01. The molecule has 0 radical (unpaired) electrons. The van der Waals surface area contributed by atoms with Gasteiger partial charge in [-0.15, -0.1) is 0 Å². The van der Waals surface area contributed by atoms with Crippen molar-refractivity contribution in [3.8, 4) is 11.8 Å². The summed E-state index contributed by atoms with van der Waals surface area (Å²) >= 11 is 0. The first-order chi connectivity index (χ1) is 14.0. The molecular weight excluding hydrogens is 366 g/mol. The summed E-state index contributed by atoms with van der Waals surface area (Å²) in [5.41, 5.74) is 7.92. The predicted octanol–water partition coefficient (Wildman–Crippen LogP) is 4.02. The highest BCUT2D eigenvalue weighted by Crippen LogP contribution is 2.27. The molecule has 0 unspecified atom stereocenters. The Balaban J connectivity index is 1.91. The summed E-state index contributed by atoms with van der Waals surface area (Å²) in [5.74, 6) is -0.0707. The van der Waals surface area contributed by atoms with Crippen LogP contribution < -0.4 is 15.8 Å². The average Bonchev–Trinajstić information content (AvgIpc) is 2.75. The van der Waals surface area contributed by atoms with Gasteiger partial charge in [0, 0.05) is 16.7 Å². The van der Waals surface area contributed by atoms with Crippen molar-refractivity contribution >= 4 is 23.1 Å². The fraction of sp³-hybridized carbons (Fsp3) is 0.0870. The van der Waals surface area contributed by atoms with Gasteiger partial charge in [-0.2, -0.15) is 5.26 Å². The number of para-hydroxylation sites is 1. The molecule has 0 heterocycles. The number of amides is 1. The molecule has 0 saturated heterocycles. The number of nitrogen functional groups attached to an aromatic ring is 1. The van der Waals surface area contributed by atoms with E-state index < -0.39 is 5.91 Å². The Bertz CT molecular complexity index is 1100. The Kier molecular flexibility index (Phi) is 5.91. The second kappa shape index (κ2) is 8.72. The van der Waals surface area contributed by atoms with Gasteiger partial charge >= 0.3 is 0 Å². The van der Waals surface area contributed by atoms with Crippen LogP contribution in [0, 0.1) is 11.3 Å². The monoisotopic (exact) mass is 385 g/mol. The molecule has 144 valence electrons. The number of nitrogens with two attached hydrogens (primary N) is 1. The summed E-state index contributed by atoms with van der Waals surface area (Å²) in [4.78, 5) is 25.7. The zero-order valence-corrected chi connectivity index (χ0v) is 15.8. The van der Waals surface area contributed by atoms with Crippen LogP contribution in [0.15, 0.2) is 66.7 Å². The number of nitrogens with zero attached hydrogens (tertiary/aromatic N) is 1. The number of carbonyl (C=O) groups is 2. The van der Waals surface area contributed by atoms with E-state index in [-0.39, 0.29) is 22.7 Å². The Morgan fingerprint density at radius 2 is 1.76 bits per heavy atom. The zero-order valence-electron chi connectivity index (χ0n) is 15.8. The number of benzene rings is 3. The van der Waals surface area contributed by atoms with Gasteiger partial charge in [-0.25, -0.2) is 0 Å². The average molecular weight is 385 g/mol. The highest BCUT2D eigenvalue weighted by atomic mass is 16.5. The third-order valence-electron chi connectivity index (χ3n) is 4.26. The Labute approximate surface area is 168 Å². The van der Waals surface area contributed by atoms with Crippen molar-refractivity contribution in [2.24, 2.45) is 0 Å². The van der Waals surface area contributed by atoms with E-state index in [1.165, 1.54) is 6.07 Å². The molecule has 0 aliphatic carbocycles. The van der Waals surface area contributed by atoms with E-state index in [9.17, 15) is 9.59 Å². The number of hydrogen-bond donors (Lipinski definition) is 2. The van der Waals surface area contributed by atoms with Gasteiger partial charge in [0.15, 0.2) is 5.78 Å². The normalized spacial score (nSPS) is 10.1. The van der Waals surface area contributed by atoms with Crippen molar-refractivity contribution in [1.82, 2.24) is 0 Å². The molecule has 0 spiro atoms. The highest BCUT2D eigenvalue weighted by molar-refractivity contribution is 6.17. The summed E-state index contributed by atoms with van der Waals surface area (Å²) in [6.45, 7) is 2.41. The molecule has 29 heavy (non-hydrogen) atoms. The molecular formula is C23H19N3O3. The van der Waals surface area contributed by atoms with Gasteiger partial charge in [-0.05, 0) is 55.5 Å². The van der Waals surface area contributed by atoms with Crippen LogP contribution in [0.25, 0.3) is 0 Å². The second-order valence-electron chi connectivity index (χ2n) is 6.20.